The van der Waals surface area contributed by atoms with Gasteiger partial charge >= 0.3 is 5.97 Å². The van der Waals surface area contributed by atoms with Gasteiger partial charge in [0, 0.05) is 48.1 Å². The molecule has 5 atom stereocenters. The number of benzene rings is 1. The second-order valence-corrected chi connectivity index (χ2v) is 12.4. The first-order chi connectivity index (χ1) is 20.2. The highest BCUT2D eigenvalue weighted by molar-refractivity contribution is 7.13. The van der Waals surface area contributed by atoms with Crippen LogP contribution >= 0.6 is 11.3 Å². The summed E-state index contributed by atoms with van der Waals surface area (Å²) in [5.41, 5.74) is 0.933. The molecule has 220 valence electrons. The minimum absolute atomic E-state index is 0.121. The molecular formula is C31H34N4O6S. The Balaban J connectivity index is 1.34. The maximum absolute atomic E-state index is 13.7. The van der Waals surface area contributed by atoms with Crippen LogP contribution < -0.4 is 14.8 Å². The van der Waals surface area contributed by atoms with Crippen LogP contribution in [0.1, 0.15) is 37.7 Å². The molecule has 11 heteroatoms. The van der Waals surface area contributed by atoms with Crippen LogP contribution in [0.25, 0.3) is 21.6 Å². The van der Waals surface area contributed by atoms with Crippen molar-refractivity contribution in [1.82, 2.24) is 20.2 Å². The van der Waals surface area contributed by atoms with Gasteiger partial charge in [0.05, 0.1) is 24.5 Å². The van der Waals surface area contributed by atoms with Crippen molar-refractivity contribution in [3.05, 3.63) is 47.5 Å². The Hall–Kier alpha value is -3.99. The van der Waals surface area contributed by atoms with Gasteiger partial charge in [-0.15, -0.1) is 11.3 Å². The Labute approximate surface area is 247 Å². The summed E-state index contributed by atoms with van der Waals surface area (Å²) in [5, 5.41) is 16.2. The first-order valence-corrected chi connectivity index (χ1v) is 15.1. The van der Waals surface area contributed by atoms with Crippen molar-refractivity contribution >= 4 is 40.0 Å². The molecule has 10 nitrogen and oxygen atoms in total. The molecule has 0 radical (unpaired) electrons. The zero-order chi connectivity index (χ0) is 29.6. The number of amides is 2. The second-order valence-electron chi connectivity index (χ2n) is 11.5. The van der Waals surface area contributed by atoms with Gasteiger partial charge in [-0.25, -0.2) is 14.8 Å². The van der Waals surface area contributed by atoms with Crippen molar-refractivity contribution in [3.63, 3.8) is 0 Å². The van der Waals surface area contributed by atoms with Crippen LogP contribution in [0.2, 0.25) is 0 Å². The molecule has 1 aromatic carbocycles. The molecule has 1 aliphatic heterocycles. The van der Waals surface area contributed by atoms with Crippen LogP contribution in [0.15, 0.2) is 41.9 Å². The number of nitrogens with zero attached hydrogens (tertiary/aromatic N) is 3. The normalized spacial score (nSPS) is 28.5. The lowest BCUT2D eigenvalue weighted by Gasteiger charge is -2.25. The maximum Gasteiger partial charge on any atom is 0.330 e. The lowest BCUT2D eigenvalue weighted by molar-refractivity contribution is -0.145. The third-order valence-corrected chi connectivity index (χ3v) is 9.63. The number of pyridine rings is 1. The quantitative estimate of drug-likeness (QED) is 0.423. The first-order valence-electron chi connectivity index (χ1n) is 14.2. The summed E-state index contributed by atoms with van der Waals surface area (Å²) in [4.78, 5) is 50.5. The molecular weight excluding hydrogens is 556 g/mol. The van der Waals surface area contributed by atoms with Gasteiger partial charge in [0.2, 0.25) is 11.8 Å². The highest BCUT2D eigenvalue weighted by atomic mass is 32.1. The van der Waals surface area contributed by atoms with Crippen LogP contribution in [0.5, 0.6) is 11.5 Å². The number of carboxylic acid groups (broad SMARTS) is 1. The van der Waals surface area contributed by atoms with Gasteiger partial charge < -0.3 is 24.8 Å². The molecule has 3 aliphatic rings. The summed E-state index contributed by atoms with van der Waals surface area (Å²) in [6, 6.07) is 5.63. The average Bonchev–Trinajstić information content (AvgIpc) is 3.31. The molecule has 2 N–H and O–H groups in total. The van der Waals surface area contributed by atoms with Crippen LogP contribution in [-0.2, 0) is 14.4 Å². The number of fused-ring (bicyclic) bond motifs is 3. The number of aryl methyl sites for hydroxylation is 1. The lowest BCUT2D eigenvalue weighted by Crippen LogP contribution is -2.49. The number of ether oxygens (including phenoxy) is 2. The van der Waals surface area contributed by atoms with Crippen LogP contribution in [-0.4, -0.2) is 70.1 Å². The zero-order valence-electron chi connectivity index (χ0n) is 23.8. The first kappa shape index (κ1) is 28.1. The molecule has 2 aliphatic carbocycles. The van der Waals surface area contributed by atoms with Crippen molar-refractivity contribution in [1.29, 1.82) is 0 Å². The molecule has 2 saturated carbocycles. The smallest absolute Gasteiger partial charge is 0.330 e. The molecule has 42 heavy (non-hydrogen) atoms. The van der Waals surface area contributed by atoms with Crippen molar-refractivity contribution in [2.75, 3.05) is 20.7 Å². The predicted octanol–water partition coefficient (Wildman–Crippen LogP) is 4.22. The van der Waals surface area contributed by atoms with Crippen LogP contribution in [0.3, 0.4) is 0 Å². The third-order valence-electron chi connectivity index (χ3n) is 8.84. The number of methoxy groups -OCH3 is 1. The van der Waals surface area contributed by atoms with Crippen molar-refractivity contribution in [2.45, 2.75) is 50.7 Å². The van der Waals surface area contributed by atoms with E-state index in [9.17, 15) is 19.5 Å². The Morgan fingerprint density at radius 1 is 1.21 bits per heavy atom. The van der Waals surface area contributed by atoms with E-state index in [-0.39, 0.29) is 18.2 Å². The summed E-state index contributed by atoms with van der Waals surface area (Å²) in [5.74, 6) is -1.87. The van der Waals surface area contributed by atoms with Gasteiger partial charge in [0.15, 0.2) is 0 Å². The van der Waals surface area contributed by atoms with E-state index in [4.69, 9.17) is 14.5 Å². The predicted molar refractivity (Wildman–Crippen MR) is 157 cm³/mol. The number of aliphatic carboxylic acids is 1. The van der Waals surface area contributed by atoms with Gasteiger partial charge in [0.25, 0.3) is 0 Å². The topological polar surface area (TPSA) is 131 Å². The Kier molecular flexibility index (Phi) is 7.38. The lowest BCUT2D eigenvalue weighted by atomic mass is 9.93. The molecule has 2 amide bonds. The number of hydrogen-bond acceptors (Lipinski definition) is 8. The number of thiazole rings is 1. The summed E-state index contributed by atoms with van der Waals surface area (Å²) in [7, 11) is 3.38. The molecule has 3 aromatic rings. The monoisotopic (exact) mass is 590 g/mol. The van der Waals surface area contributed by atoms with Crippen molar-refractivity contribution < 1.29 is 29.0 Å². The summed E-state index contributed by atoms with van der Waals surface area (Å²) in [6.07, 6.45) is 7.60. The standard InChI is InChI=1S/C31H34N4O6S/c1-17-24(40-3)9-8-20-25(15-23(33-26(17)20)28-32-10-12-42-28)41-19-13-21-22(14-19)29(37)35(2)11-6-4-5-7-18-16-31(18,30(38)39)34-27(21)36/h5,7-10,12,15,18-19,21-22H,4,6,11,13-14,16H2,1-3H3,(H,34,36)(H,38,39)/b7-5-/t18-,19-,21-,22-,31-/m1/s1. The fourth-order valence-corrected chi connectivity index (χ4v) is 6.96. The van der Waals surface area contributed by atoms with Gasteiger partial charge in [-0.1, -0.05) is 12.2 Å². The van der Waals surface area contributed by atoms with Crippen LogP contribution in [0, 0.1) is 24.7 Å². The number of aromatic nitrogens is 2. The number of carboxylic acids is 1. The van der Waals surface area contributed by atoms with Crippen molar-refractivity contribution in [3.8, 4) is 22.2 Å². The van der Waals surface area contributed by atoms with Crippen LogP contribution in [0.4, 0.5) is 0 Å². The number of rotatable bonds is 5. The van der Waals surface area contributed by atoms with E-state index < -0.39 is 35.4 Å². The highest BCUT2D eigenvalue weighted by Crippen LogP contribution is 2.47. The van der Waals surface area contributed by atoms with Gasteiger partial charge in [-0.2, -0.15) is 0 Å². The average molecular weight is 591 g/mol. The van der Waals surface area contributed by atoms with E-state index in [0.717, 1.165) is 34.3 Å². The molecule has 0 unspecified atom stereocenters. The van der Waals surface area contributed by atoms with Crippen molar-refractivity contribution in [2.24, 2.45) is 17.8 Å². The molecule has 0 bridgehead atoms. The molecule has 0 saturated heterocycles. The SMILES string of the molecule is COc1ccc2c(O[C@@H]3C[C@H]4C(=O)N[C@]5(C(=O)O)C[C@H]5/C=C\CCCN(C)C(=O)[C@@H]4C3)cc(-c3nccs3)nc2c1C. The number of nitrogens with one attached hydrogen (secondary N) is 1. The number of hydrogen-bond donors (Lipinski definition) is 2. The van der Waals surface area contributed by atoms with E-state index in [1.165, 1.54) is 11.3 Å². The fraction of sp³-hybridized carbons (Fsp3) is 0.452. The van der Waals surface area contributed by atoms with E-state index in [1.54, 1.807) is 25.3 Å². The largest absolute Gasteiger partial charge is 0.496 e. The number of carbonyl (C=O) groups excluding carboxylic acids is 2. The third kappa shape index (κ3) is 4.99. The minimum Gasteiger partial charge on any atom is -0.496 e. The minimum atomic E-state index is -1.32. The van der Waals surface area contributed by atoms with E-state index in [0.29, 0.717) is 36.6 Å². The zero-order valence-corrected chi connectivity index (χ0v) is 24.6. The Morgan fingerprint density at radius 2 is 2.02 bits per heavy atom. The van der Waals surface area contributed by atoms with E-state index in [1.807, 2.05) is 42.7 Å². The molecule has 2 fully saturated rings. The van der Waals surface area contributed by atoms with Gasteiger partial charge in [-0.05, 0) is 51.2 Å². The van der Waals surface area contributed by atoms with E-state index in [2.05, 4.69) is 10.3 Å². The Morgan fingerprint density at radius 3 is 2.76 bits per heavy atom. The van der Waals surface area contributed by atoms with Gasteiger partial charge in [-0.3, -0.25) is 9.59 Å². The summed E-state index contributed by atoms with van der Waals surface area (Å²) in [6.45, 7) is 2.50. The highest BCUT2D eigenvalue weighted by Gasteiger charge is 2.61. The molecule has 3 heterocycles. The molecule has 6 rings (SSSR count). The molecule has 2 aromatic heterocycles. The van der Waals surface area contributed by atoms with Gasteiger partial charge in [0.1, 0.15) is 33.8 Å². The second kappa shape index (κ2) is 11.0. The van der Waals surface area contributed by atoms with E-state index >= 15 is 0 Å². The summed E-state index contributed by atoms with van der Waals surface area (Å²) >= 11 is 1.47. The summed E-state index contributed by atoms with van der Waals surface area (Å²) < 4.78 is 12.2. The molecule has 0 spiro atoms. The maximum atomic E-state index is 13.7. The number of allylic oxidation sites excluding steroid dienone is 1. The number of carbonyl (C=O) groups is 3. The fourth-order valence-electron chi connectivity index (χ4n) is 6.36. The Bertz CT molecular complexity index is 1570.